The topological polar surface area (TPSA) is 104 Å². The molecule has 1 aromatic rings. The SMILES string of the molecule is Cc1ccc2c(c1)C(=O)N(CC(=O)NC1(C(=O)O)CCC1)C2=O. The fraction of sp³-hybridized carbons (Fsp3) is 0.375. The van der Waals surface area contributed by atoms with Crippen molar-refractivity contribution in [1.82, 2.24) is 10.2 Å². The number of aliphatic carboxylic acids is 1. The summed E-state index contributed by atoms with van der Waals surface area (Å²) in [5.74, 6) is -2.78. The molecule has 2 aliphatic rings. The molecule has 2 N–H and O–H groups in total. The minimum Gasteiger partial charge on any atom is -0.480 e. The van der Waals surface area contributed by atoms with Crippen LogP contribution in [-0.2, 0) is 9.59 Å². The first-order valence-corrected chi connectivity index (χ1v) is 7.35. The Morgan fingerprint density at radius 1 is 1.22 bits per heavy atom. The number of hydrogen-bond donors (Lipinski definition) is 2. The Bertz CT molecular complexity index is 736. The van der Waals surface area contributed by atoms with Crippen LogP contribution >= 0.6 is 0 Å². The molecule has 3 rings (SSSR count). The fourth-order valence-corrected chi connectivity index (χ4v) is 2.92. The normalized spacial score (nSPS) is 18.4. The van der Waals surface area contributed by atoms with Crippen molar-refractivity contribution < 1.29 is 24.3 Å². The van der Waals surface area contributed by atoms with Crippen LogP contribution in [-0.4, -0.2) is 45.8 Å². The molecule has 0 saturated heterocycles. The highest BCUT2D eigenvalue weighted by molar-refractivity contribution is 6.22. The number of carbonyl (C=O) groups is 4. The molecule has 1 aromatic carbocycles. The molecule has 0 atom stereocenters. The molecule has 120 valence electrons. The summed E-state index contributed by atoms with van der Waals surface area (Å²) in [6, 6.07) is 4.90. The van der Waals surface area contributed by atoms with Crippen molar-refractivity contribution in [3.8, 4) is 0 Å². The highest BCUT2D eigenvalue weighted by Gasteiger charge is 2.46. The summed E-state index contributed by atoms with van der Waals surface area (Å²) in [6.07, 6.45) is 1.43. The number of carboxylic acid groups (broad SMARTS) is 1. The Kier molecular flexibility index (Phi) is 3.43. The molecule has 0 spiro atoms. The second-order valence-corrected chi connectivity index (χ2v) is 6.03. The van der Waals surface area contributed by atoms with Crippen LogP contribution in [0.5, 0.6) is 0 Å². The van der Waals surface area contributed by atoms with E-state index in [1.165, 1.54) is 0 Å². The van der Waals surface area contributed by atoms with E-state index >= 15 is 0 Å². The van der Waals surface area contributed by atoms with E-state index in [9.17, 15) is 24.3 Å². The Morgan fingerprint density at radius 3 is 2.43 bits per heavy atom. The Balaban J connectivity index is 1.74. The van der Waals surface area contributed by atoms with Gasteiger partial charge in [0.15, 0.2) is 0 Å². The van der Waals surface area contributed by atoms with Gasteiger partial charge in [-0.25, -0.2) is 4.79 Å². The van der Waals surface area contributed by atoms with E-state index in [0.29, 0.717) is 12.8 Å². The van der Waals surface area contributed by atoms with Crippen molar-refractivity contribution in [3.05, 3.63) is 34.9 Å². The maximum atomic E-state index is 12.3. The molecule has 1 heterocycles. The third-order valence-electron chi connectivity index (χ3n) is 4.42. The molecule has 1 saturated carbocycles. The molecule has 3 amide bonds. The van der Waals surface area contributed by atoms with Gasteiger partial charge in [0.25, 0.3) is 11.8 Å². The number of rotatable bonds is 4. The summed E-state index contributed by atoms with van der Waals surface area (Å²) in [5, 5.41) is 11.7. The lowest BCUT2D eigenvalue weighted by Crippen LogP contribution is -2.60. The predicted octanol–water partition coefficient (Wildman–Crippen LogP) is 0.715. The van der Waals surface area contributed by atoms with Gasteiger partial charge in [0, 0.05) is 0 Å². The van der Waals surface area contributed by atoms with Crippen molar-refractivity contribution in [2.45, 2.75) is 31.7 Å². The number of amides is 3. The Morgan fingerprint density at radius 2 is 1.87 bits per heavy atom. The van der Waals surface area contributed by atoms with Crippen molar-refractivity contribution in [2.75, 3.05) is 6.54 Å². The highest BCUT2D eigenvalue weighted by atomic mass is 16.4. The number of nitrogens with zero attached hydrogens (tertiary/aromatic N) is 1. The molecule has 7 heteroatoms. The molecule has 1 aliphatic carbocycles. The molecule has 0 aromatic heterocycles. The standard InChI is InChI=1S/C16H16N2O5/c1-9-3-4-10-11(7-9)14(21)18(13(10)20)8-12(19)17-16(15(22)23)5-2-6-16/h3-4,7H,2,5-6,8H2,1H3,(H,17,19)(H,22,23). The molecule has 0 unspecified atom stereocenters. The van der Waals surface area contributed by atoms with Gasteiger partial charge in [0.05, 0.1) is 11.1 Å². The molecule has 0 bridgehead atoms. The lowest BCUT2D eigenvalue weighted by Gasteiger charge is -2.38. The predicted molar refractivity (Wildman–Crippen MR) is 78.9 cm³/mol. The number of fused-ring (bicyclic) bond motifs is 1. The first kappa shape index (κ1) is 15.2. The monoisotopic (exact) mass is 316 g/mol. The number of aryl methyl sites for hydroxylation is 1. The van der Waals surface area contributed by atoms with E-state index in [0.717, 1.165) is 16.9 Å². The van der Waals surface area contributed by atoms with E-state index in [4.69, 9.17) is 0 Å². The van der Waals surface area contributed by atoms with Crippen LogP contribution in [0.1, 0.15) is 45.5 Å². The van der Waals surface area contributed by atoms with Crippen molar-refractivity contribution in [3.63, 3.8) is 0 Å². The molecule has 1 aliphatic heterocycles. The first-order chi connectivity index (χ1) is 10.8. The van der Waals surface area contributed by atoms with E-state index in [1.54, 1.807) is 25.1 Å². The van der Waals surface area contributed by atoms with Gasteiger partial charge in [-0.05, 0) is 38.3 Å². The average Bonchev–Trinajstić information content (AvgIpc) is 2.67. The average molecular weight is 316 g/mol. The molecular weight excluding hydrogens is 300 g/mol. The molecular formula is C16H16N2O5. The van der Waals surface area contributed by atoms with Crippen LogP contribution in [0.2, 0.25) is 0 Å². The van der Waals surface area contributed by atoms with E-state index in [-0.39, 0.29) is 11.1 Å². The zero-order chi connectivity index (χ0) is 16.8. The van der Waals surface area contributed by atoms with Gasteiger partial charge < -0.3 is 10.4 Å². The summed E-state index contributed by atoms with van der Waals surface area (Å²) in [7, 11) is 0. The van der Waals surface area contributed by atoms with Gasteiger partial charge in [0.1, 0.15) is 12.1 Å². The lowest BCUT2D eigenvalue weighted by atomic mass is 9.77. The second kappa shape index (κ2) is 5.19. The van der Waals surface area contributed by atoms with E-state index in [1.807, 2.05) is 0 Å². The fourth-order valence-electron chi connectivity index (χ4n) is 2.92. The van der Waals surface area contributed by atoms with Gasteiger partial charge in [-0.15, -0.1) is 0 Å². The minimum atomic E-state index is -1.26. The number of imide groups is 1. The summed E-state index contributed by atoms with van der Waals surface area (Å²) < 4.78 is 0. The minimum absolute atomic E-state index is 0.269. The van der Waals surface area contributed by atoms with Crippen molar-refractivity contribution in [2.24, 2.45) is 0 Å². The molecule has 1 fully saturated rings. The number of hydrogen-bond acceptors (Lipinski definition) is 4. The van der Waals surface area contributed by atoms with Gasteiger partial charge in [-0.1, -0.05) is 11.6 Å². The van der Waals surface area contributed by atoms with Crippen LogP contribution in [0.3, 0.4) is 0 Å². The summed E-state index contributed by atoms with van der Waals surface area (Å²) >= 11 is 0. The number of nitrogens with one attached hydrogen (secondary N) is 1. The summed E-state index contributed by atoms with van der Waals surface area (Å²) in [4.78, 5) is 48.7. The number of benzene rings is 1. The van der Waals surface area contributed by atoms with Crippen LogP contribution in [0.25, 0.3) is 0 Å². The zero-order valence-corrected chi connectivity index (χ0v) is 12.6. The Hall–Kier alpha value is -2.70. The highest BCUT2D eigenvalue weighted by Crippen LogP contribution is 2.32. The van der Waals surface area contributed by atoms with Crippen LogP contribution in [0, 0.1) is 6.92 Å². The number of carbonyl (C=O) groups excluding carboxylic acids is 3. The molecule has 23 heavy (non-hydrogen) atoms. The van der Waals surface area contributed by atoms with E-state index < -0.39 is 35.8 Å². The van der Waals surface area contributed by atoms with Gasteiger partial charge in [-0.3, -0.25) is 19.3 Å². The van der Waals surface area contributed by atoms with Crippen molar-refractivity contribution in [1.29, 1.82) is 0 Å². The van der Waals surface area contributed by atoms with Crippen molar-refractivity contribution >= 4 is 23.7 Å². The summed E-state index contributed by atoms with van der Waals surface area (Å²) in [5.41, 5.74) is 0.131. The maximum Gasteiger partial charge on any atom is 0.329 e. The number of carboxylic acids is 1. The van der Waals surface area contributed by atoms with Gasteiger partial charge in [0.2, 0.25) is 5.91 Å². The largest absolute Gasteiger partial charge is 0.480 e. The summed E-state index contributed by atoms with van der Waals surface area (Å²) in [6.45, 7) is 1.33. The molecule has 7 nitrogen and oxygen atoms in total. The van der Waals surface area contributed by atoms with Crippen LogP contribution in [0.15, 0.2) is 18.2 Å². The lowest BCUT2D eigenvalue weighted by molar-refractivity contribution is -0.151. The quantitative estimate of drug-likeness (QED) is 0.796. The first-order valence-electron chi connectivity index (χ1n) is 7.35. The van der Waals surface area contributed by atoms with E-state index in [2.05, 4.69) is 5.32 Å². The third-order valence-corrected chi connectivity index (χ3v) is 4.42. The zero-order valence-electron chi connectivity index (χ0n) is 12.6. The Labute approximate surface area is 132 Å². The van der Waals surface area contributed by atoms with Crippen LogP contribution in [0.4, 0.5) is 0 Å². The van der Waals surface area contributed by atoms with Crippen LogP contribution < -0.4 is 5.32 Å². The molecule has 0 radical (unpaired) electrons. The third kappa shape index (κ3) is 2.38. The second-order valence-electron chi connectivity index (χ2n) is 6.03. The smallest absolute Gasteiger partial charge is 0.329 e. The maximum absolute atomic E-state index is 12.3. The van der Waals surface area contributed by atoms with Gasteiger partial charge in [-0.2, -0.15) is 0 Å². The van der Waals surface area contributed by atoms with Gasteiger partial charge >= 0.3 is 5.97 Å².